The van der Waals surface area contributed by atoms with Crippen LogP contribution in [-0.2, 0) is 0 Å². The number of hydrogen-bond acceptors (Lipinski definition) is 4. The fraction of sp³-hybridized carbons (Fsp3) is 0.385. The minimum Gasteiger partial charge on any atom is -0.408 e. The molecule has 1 heterocycles. The number of oxazole rings is 1. The summed E-state index contributed by atoms with van der Waals surface area (Å²) in [7, 11) is 0. The van der Waals surface area contributed by atoms with Crippen LogP contribution in [0.1, 0.15) is 30.6 Å². The molecule has 3 N–H and O–H groups in total. The number of fused-ring (bicyclic) bond motifs is 1. The Labute approximate surface area is 104 Å². The highest BCUT2D eigenvalue weighted by molar-refractivity contribution is 5.98. The third-order valence-electron chi connectivity index (χ3n) is 2.93. The summed E-state index contributed by atoms with van der Waals surface area (Å²) in [5, 5.41) is 0. The van der Waals surface area contributed by atoms with Gasteiger partial charge in [0.05, 0.1) is 5.52 Å². The molecule has 5 nitrogen and oxygen atoms in total. The number of rotatable bonds is 4. The standard InChI is InChI=1S/C13H16N2O3/c1-13(2,7-14)6-10(16)8-3-4-11-9(5-8)15-12(17)18-11/h3-5H,6-7,14H2,1-2H3,(H,15,17). The second-order valence-electron chi connectivity index (χ2n) is 5.19. The number of nitrogens with one attached hydrogen (secondary N) is 1. The molecule has 0 radical (unpaired) electrons. The summed E-state index contributed by atoms with van der Waals surface area (Å²) in [6.07, 6.45) is 0.372. The maximum Gasteiger partial charge on any atom is 0.417 e. The molecule has 0 unspecified atom stereocenters. The van der Waals surface area contributed by atoms with E-state index in [-0.39, 0.29) is 11.2 Å². The molecule has 0 amide bonds. The molecule has 0 spiro atoms. The van der Waals surface area contributed by atoms with Gasteiger partial charge in [0.25, 0.3) is 0 Å². The van der Waals surface area contributed by atoms with E-state index in [4.69, 9.17) is 10.2 Å². The fourth-order valence-corrected chi connectivity index (χ4v) is 1.73. The minimum absolute atomic E-state index is 0.00870. The topological polar surface area (TPSA) is 89.1 Å². The van der Waals surface area contributed by atoms with Crippen molar-refractivity contribution in [3.05, 3.63) is 34.3 Å². The molecule has 0 atom stereocenters. The lowest BCUT2D eigenvalue weighted by Gasteiger charge is -2.20. The van der Waals surface area contributed by atoms with E-state index in [0.717, 1.165) is 0 Å². The second kappa shape index (κ2) is 4.42. The van der Waals surface area contributed by atoms with Crippen molar-refractivity contribution in [2.45, 2.75) is 20.3 Å². The molecule has 0 saturated carbocycles. The number of ketones is 1. The van der Waals surface area contributed by atoms with Crippen LogP contribution >= 0.6 is 0 Å². The highest BCUT2D eigenvalue weighted by atomic mass is 16.4. The zero-order chi connectivity index (χ0) is 13.3. The maximum atomic E-state index is 12.1. The van der Waals surface area contributed by atoms with Gasteiger partial charge in [-0.3, -0.25) is 9.78 Å². The zero-order valence-corrected chi connectivity index (χ0v) is 10.4. The summed E-state index contributed by atoms with van der Waals surface area (Å²) >= 11 is 0. The van der Waals surface area contributed by atoms with Crippen LogP contribution in [0.25, 0.3) is 11.1 Å². The van der Waals surface area contributed by atoms with Gasteiger partial charge in [-0.05, 0) is 30.2 Å². The zero-order valence-electron chi connectivity index (χ0n) is 10.4. The van der Waals surface area contributed by atoms with Crippen LogP contribution in [0.2, 0.25) is 0 Å². The summed E-state index contributed by atoms with van der Waals surface area (Å²) < 4.78 is 4.88. The Morgan fingerprint density at radius 2 is 2.17 bits per heavy atom. The third-order valence-corrected chi connectivity index (χ3v) is 2.93. The van der Waals surface area contributed by atoms with Crippen molar-refractivity contribution in [3.8, 4) is 0 Å². The van der Waals surface area contributed by atoms with E-state index < -0.39 is 5.76 Å². The van der Waals surface area contributed by atoms with Gasteiger partial charge in [-0.2, -0.15) is 0 Å². The molecule has 0 fully saturated rings. The fourth-order valence-electron chi connectivity index (χ4n) is 1.73. The first kappa shape index (κ1) is 12.6. The molecule has 0 saturated heterocycles. The van der Waals surface area contributed by atoms with Crippen LogP contribution < -0.4 is 11.5 Å². The molecule has 1 aromatic heterocycles. The number of hydrogen-bond donors (Lipinski definition) is 2. The van der Waals surface area contributed by atoms with Crippen LogP contribution in [0.3, 0.4) is 0 Å². The average Bonchev–Trinajstić information content (AvgIpc) is 2.67. The molecule has 2 rings (SSSR count). The Balaban J connectivity index is 2.30. The molecule has 0 aliphatic rings. The Bertz CT molecular complexity index is 637. The van der Waals surface area contributed by atoms with Gasteiger partial charge in [0.2, 0.25) is 0 Å². The Hall–Kier alpha value is -1.88. The van der Waals surface area contributed by atoms with Crippen molar-refractivity contribution in [2.24, 2.45) is 11.1 Å². The number of H-pyrrole nitrogens is 1. The molecule has 2 aromatic rings. The van der Waals surface area contributed by atoms with E-state index in [2.05, 4.69) is 4.98 Å². The SMILES string of the molecule is CC(C)(CN)CC(=O)c1ccc2oc(=O)[nH]c2c1. The lowest BCUT2D eigenvalue weighted by atomic mass is 9.86. The maximum absolute atomic E-state index is 12.1. The van der Waals surface area contributed by atoms with Gasteiger partial charge in [0.1, 0.15) is 0 Å². The molecule has 96 valence electrons. The monoisotopic (exact) mass is 248 g/mol. The van der Waals surface area contributed by atoms with E-state index in [1.165, 1.54) is 0 Å². The van der Waals surface area contributed by atoms with Gasteiger partial charge in [-0.1, -0.05) is 13.8 Å². The van der Waals surface area contributed by atoms with Crippen LogP contribution in [0.15, 0.2) is 27.4 Å². The van der Waals surface area contributed by atoms with Gasteiger partial charge in [0, 0.05) is 12.0 Å². The van der Waals surface area contributed by atoms with Gasteiger partial charge >= 0.3 is 5.76 Å². The van der Waals surface area contributed by atoms with E-state index in [1.807, 2.05) is 13.8 Å². The lowest BCUT2D eigenvalue weighted by Crippen LogP contribution is -2.26. The molecular weight excluding hydrogens is 232 g/mol. The predicted octanol–water partition coefficient (Wildman–Crippen LogP) is 1.68. The molecule has 0 aliphatic heterocycles. The third kappa shape index (κ3) is 2.51. The molecule has 18 heavy (non-hydrogen) atoms. The van der Waals surface area contributed by atoms with Crippen molar-refractivity contribution in [1.29, 1.82) is 0 Å². The molecule has 5 heteroatoms. The number of carbonyl (C=O) groups is 1. The van der Waals surface area contributed by atoms with Crippen molar-refractivity contribution in [1.82, 2.24) is 4.98 Å². The number of carbonyl (C=O) groups excluding carboxylic acids is 1. The first-order valence-corrected chi connectivity index (χ1v) is 5.77. The lowest BCUT2D eigenvalue weighted by molar-refractivity contribution is 0.0935. The summed E-state index contributed by atoms with van der Waals surface area (Å²) in [6, 6.07) is 4.92. The molecule has 1 aromatic carbocycles. The van der Waals surface area contributed by atoms with Crippen molar-refractivity contribution in [2.75, 3.05) is 6.54 Å². The highest BCUT2D eigenvalue weighted by Gasteiger charge is 2.21. The van der Waals surface area contributed by atoms with E-state index in [0.29, 0.717) is 29.6 Å². The first-order valence-electron chi connectivity index (χ1n) is 5.77. The van der Waals surface area contributed by atoms with Gasteiger partial charge < -0.3 is 10.2 Å². The van der Waals surface area contributed by atoms with Crippen molar-refractivity contribution >= 4 is 16.9 Å². The normalized spacial score (nSPS) is 11.9. The van der Waals surface area contributed by atoms with Crippen LogP contribution in [0.4, 0.5) is 0 Å². The van der Waals surface area contributed by atoms with Gasteiger partial charge in [0.15, 0.2) is 11.4 Å². The largest absolute Gasteiger partial charge is 0.417 e. The predicted molar refractivity (Wildman–Crippen MR) is 68.6 cm³/mol. The number of aromatic nitrogens is 1. The molecular formula is C13H16N2O3. The number of benzene rings is 1. The van der Waals surface area contributed by atoms with Crippen molar-refractivity contribution < 1.29 is 9.21 Å². The Kier molecular flexibility index (Phi) is 3.09. The Morgan fingerprint density at radius 1 is 1.44 bits per heavy atom. The quantitative estimate of drug-likeness (QED) is 0.805. The average molecular weight is 248 g/mol. The minimum atomic E-state index is -0.517. The van der Waals surface area contributed by atoms with E-state index in [9.17, 15) is 9.59 Å². The van der Waals surface area contributed by atoms with Crippen molar-refractivity contribution in [3.63, 3.8) is 0 Å². The van der Waals surface area contributed by atoms with Gasteiger partial charge in [-0.25, -0.2) is 4.79 Å². The smallest absolute Gasteiger partial charge is 0.408 e. The first-order chi connectivity index (χ1) is 8.41. The number of aromatic amines is 1. The van der Waals surface area contributed by atoms with Crippen LogP contribution in [0.5, 0.6) is 0 Å². The summed E-state index contributed by atoms with van der Waals surface area (Å²) in [6.45, 7) is 4.34. The van der Waals surface area contributed by atoms with E-state index >= 15 is 0 Å². The highest BCUT2D eigenvalue weighted by Crippen LogP contribution is 2.22. The van der Waals surface area contributed by atoms with E-state index in [1.54, 1.807) is 18.2 Å². The molecule has 0 bridgehead atoms. The number of Topliss-reactive ketones (excluding diaryl/α,β-unsaturated/α-hetero) is 1. The Morgan fingerprint density at radius 3 is 2.83 bits per heavy atom. The summed E-state index contributed by atoms with van der Waals surface area (Å²) in [5.41, 5.74) is 6.93. The number of nitrogens with two attached hydrogens (primary N) is 1. The summed E-state index contributed by atoms with van der Waals surface area (Å²) in [4.78, 5) is 25.6. The summed E-state index contributed by atoms with van der Waals surface area (Å²) in [5.74, 6) is -0.508. The second-order valence-corrected chi connectivity index (χ2v) is 5.19. The molecule has 0 aliphatic carbocycles. The van der Waals surface area contributed by atoms with Crippen LogP contribution in [0, 0.1) is 5.41 Å². The van der Waals surface area contributed by atoms with Crippen LogP contribution in [-0.4, -0.2) is 17.3 Å². The van der Waals surface area contributed by atoms with Gasteiger partial charge in [-0.15, -0.1) is 0 Å².